The smallest absolute Gasteiger partial charge is 0.419 e. The van der Waals surface area contributed by atoms with Crippen LogP contribution in [0.3, 0.4) is 0 Å². The topological polar surface area (TPSA) is 98.2 Å². The van der Waals surface area contributed by atoms with E-state index in [4.69, 9.17) is 14.2 Å². The number of ether oxygens (including phenoxy) is 3. The lowest BCUT2D eigenvalue weighted by molar-refractivity contribution is -0.138. The van der Waals surface area contributed by atoms with Crippen molar-refractivity contribution in [1.82, 2.24) is 4.98 Å². The average molecular weight is 621 g/mol. The Hall–Kier alpha value is -3.48. The first kappa shape index (κ1) is 32.4. The van der Waals surface area contributed by atoms with E-state index in [1.54, 1.807) is 11.7 Å². The van der Waals surface area contributed by atoms with Crippen molar-refractivity contribution < 1.29 is 42.1 Å². The first-order valence-electron chi connectivity index (χ1n) is 13.9. The third-order valence-corrected chi connectivity index (χ3v) is 8.36. The van der Waals surface area contributed by atoms with Crippen molar-refractivity contribution in [3.63, 3.8) is 0 Å². The van der Waals surface area contributed by atoms with Gasteiger partial charge in [0.15, 0.2) is 0 Å². The molecule has 4 rings (SSSR count). The monoisotopic (exact) mass is 620 g/mol. The maximum Gasteiger partial charge on any atom is 0.419 e. The number of amides is 1. The summed E-state index contributed by atoms with van der Waals surface area (Å²) in [6.45, 7) is 2.31. The van der Waals surface area contributed by atoms with E-state index in [9.17, 15) is 27.9 Å². The Morgan fingerprint density at radius 2 is 1.77 bits per heavy atom. The van der Waals surface area contributed by atoms with E-state index in [1.165, 1.54) is 54.7 Å². The number of thiazole rings is 1. The van der Waals surface area contributed by atoms with Crippen LogP contribution in [0.4, 0.5) is 18.9 Å². The van der Waals surface area contributed by atoms with Crippen molar-refractivity contribution in [2.45, 2.75) is 51.2 Å². The number of aromatic nitrogens is 1. The number of carboxylic acids is 1. The molecule has 43 heavy (non-hydrogen) atoms. The molecule has 1 fully saturated rings. The summed E-state index contributed by atoms with van der Waals surface area (Å²) in [5, 5.41) is 10.2. The molecule has 0 atom stereocenters. The van der Waals surface area contributed by atoms with Gasteiger partial charge in [-0.1, -0.05) is 13.0 Å². The molecular formula is C31H35F3N2O6S. The second-order valence-electron chi connectivity index (χ2n) is 10.8. The fourth-order valence-electron chi connectivity index (χ4n) is 5.40. The Morgan fingerprint density at radius 3 is 2.35 bits per heavy atom. The maximum atomic E-state index is 14.1. The summed E-state index contributed by atoms with van der Waals surface area (Å²) in [6.07, 6.45) is 0.268. The van der Waals surface area contributed by atoms with Crippen molar-refractivity contribution in [2.24, 2.45) is 11.8 Å². The van der Waals surface area contributed by atoms with Gasteiger partial charge in [0.1, 0.15) is 11.5 Å². The van der Waals surface area contributed by atoms with Crippen molar-refractivity contribution in [3.8, 4) is 11.5 Å². The van der Waals surface area contributed by atoms with Crippen molar-refractivity contribution >= 4 is 28.9 Å². The number of carbonyl (C=O) groups excluding carboxylic acids is 1. The molecular weight excluding hydrogens is 585 g/mol. The molecule has 3 aromatic rings. The van der Waals surface area contributed by atoms with Gasteiger partial charge in [-0.05, 0) is 67.5 Å². The zero-order valence-electron chi connectivity index (χ0n) is 24.2. The lowest BCUT2D eigenvalue weighted by Crippen LogP contribution is -2.49. The molecule has 0 unspecified atom stereocenters. The molecule has 1 amide bonds. The SMILES string of the molecule is COCC(COC)N(C(=O)C1CCC(C)CC1)c1ccc(Oc2ccc(Cc3cncs3)cc2C(F)(F)F)cc1C(=O)O. The predicted octanol–water partition coefficient (Wildman–Crippen LogP) is 7.06. The minimum atomic E-state index is -4.72. The Labute approximate surface area is 252 Å². The summed E-state index contributed by atoms with van der Waals surface area (Å²) in [6, 6.07) is 7.05. The van der Waals surface area contributed by atoms with E-state index < -0.39 is 29.5 Å². The first-order valence-corrected chi connectivity index (χ1v) is 14.8. The van der Waals surface area contributed by atoms with Crippen LogP contribution in [0.5, 0.6) is 11.5 Å². The molecule has 0 spiro atoms. The number of halogens is 3. The summed E-state index contributed by atoms with van der Waals surface area (Å²) in [5.74, 6) is -1.98. The van der Waals surface area contributed by atoms with Crippen LogP contribution in [-0.4, -0.2) is 55.4 Å². The van der Waals surface area contributed by atoms with Gasteiger partial charge in [-0.3, -0.25) is 9.78 Å². The van der Waals surface area contributed by atoms with Gasteiger partial charge in [0.25, 0.3) is 0 Å². The lowest BCUT2D eigenvalue weighted by Gasteiger charge is -2.36. The number of nitrogens with zero attached hydrogens (tertiary/aromatic N) is 2. The molecule has 232 valence electrons. The highest BCUT2D eigenvalue weighted by Gasteiger charge is 2.37. The van der Waals surface area contributed by atoms with Crippen LogP contribution >= 0.6 is 11.3 Å². The normalized spacial score (nSPS) is 17.2. The molecule has 8 nitrogen and oxygen atoms in total. The first-order chi connectivity index (χ1) is 20.5. The molecule has 0 saturated heterocycles. The molecule has 1 aliphatic rings. The van der Waals surface area contributed by atoms with Gasteiger partial charge in [0.05, 0.1) is 41.6 Å². The molecule has 0 bridgehead atoms. The number of alkyl halides is 3. The number of rotatable bonds is 12. The minimum absolute atomic E-state index is 0.0861. The van der Waals surface area contributed by atoms with Gasteiger partial charge in [0, 0.05) is 37.6 Å². The van der Waals surface area contributed by atoms with Crippen LogP contribution in [-0.2, 0) is 26.9 Å². The number of carboxylic acid groups (broad SMARTS) is 1. The Kier molecular flexibility index (Phi) is 10.8. The van der Waals surface area contributed by atoms with Crippen LogP contribution in [0.15, 0.2) is 48.1 Å². The quantitative estimate of drug-likeness (QED) is 0.231. The summed E-state index contributed by atoms with van der Waals surface area (Å²) in [5.41, 5.74) is 0.859. The van der Waals surface area contributed by atoms with E-state index in [1.807, 2.05) is 0 Å². The summed E-state index contributed by atoms with van der Waals surface area (Å²) >= 11 is 1.34. The predicted molar refractivity (Wildman–Crippen MR) is 156 cm³/mol. The Morgan fingerprint density at radius 1 is 1.07 bits per heavy atom. The van der Waals surface area contributed by atoms with Crippen LogP contribution in [0.25, 0.3) is 0 Å². The van der Waals surface area contributed by atoms with Gasteiger partial charge >= 0.3 is 12.1 Å². The fourth-order valence-corrected chi connectivity index (χ4v) is 6.03. The fraction of sp³-hybridized carbons (Fsp3) is 0.452. The molecule has 1 N–H and O–H groups in total. The van der Waals surface area contributed by atoms with E-state index in [0.29, 0.717) is 24.3 Å². The lowest BCUT2D eigenvalue weighted by atomic mass is 9.82. The summed E-state index contributed by atoms with van der Waals surface area (Å²) in [4.78, 5) is 32.6. The van der Waals surface area contributed by atoms with Gasteiger partial charge < -0.3 is 24.2 Å². The molecule has 1 aliphatic carbocycles. The third kappa shape index (κ3) is 8.12. The van der Waals surface area contributed by atoms with Crippen LogP contribution < -0.4 is 9.64 Å². The van der Waals surface area contributed by atoms with Gasteiger partial charge in [0.2, 0.25) is 5.91 Å². The van der Waals surface area contributed by atoms with E-state index in [0.717, 1.165) is 29.9 Å². The number of carbonyl (C=O) groups is 2. The highest BCUT2D eigenvalue weighted by atomic mass is 32.1. The van der Waals surface area contributed by atoms with Gasteiger partial charge in [-0.25, -0.2) is 4.79 Å². The van der Waals surface area contributed by atoms with Gasteiger partial charge in [-0.2, -0.15) is 13.2 Å². The third-order valence-electron chi connectivity index (χ3n) is 7.58. The average Bonchev–Trinajstić information content (AvgIpc) is 3.47. The zero-order valence-corrected chi connectivity index (χ0v) is 25.0. The highest BCUT2D eigenvalue weighted by Crippen LogP contribution is 2.40. The van der Waals surface area contributed by atoms with Crippen molar-refractivity contribution in [2.75, 3.05) is 32.3 Å². The number of benzene rings is 2. The largest absolute Gasteiger partial charge is 0.478 e. The summed E-state index contributed by atoms with van der Waals surface area (Å²) in [7, 11) is 2.95. The van der Waals surface area contributed by atoms with Crippen LogP contribution in [0.2, 0.25) is 0 Å². The zero-order chi connectivity index (χ0) is 31.1. The second kappa shape index (κ2) is 14.3. The number of hydrogen-bond acceptors (Lipinski definition) is 7. The van der Waals surface area contributed by atoms with Crippen molar-refractivity contribution in [1.29, 1.82) is 0 Å². The summed E-state index contributed by atoms with van der Waals surface area (Å²) < 4.78 is 58.5. The maximum absolute atomic E-state index is 14.1. The number of methoxy groups -OCH3 is 2. The van der Waals surface area contributed by atoms with E-state index >= 15 is 0 Å². The Balaban J connectivity index is 1.70. The molecule has 0 aliphatic heterocycles. The number of anilines is 1. The number of hydrogen-bond donors (Lipinski definition) is 1. The van der Waals surface area contributed by atoms with Crippen molar-refractivity contribution in [3.05, 3.63) is 69.7 Å². The molecule has 0 radical (unpaired) electrons. The van der Waals surface area contributed by atoms with E-state index in [-0.39, 0.29) is 48.5 Å². The number of aromatic carboxylic acids is 1. The van der Waals surface area contributed by atoms with Crippen LogP contribution in [0.1, 0.15) is 59.0 Å². The molecule has 2 aromatic carbocycles. The molecule has 1 aromatic heterocycles. The molecule has 1 saturated carbocycles. The van der Waals surface area contributed by atoms with Crippen LogP contribution in [0, 0.1) is 11.8 Å². The molecule has 12 heteroatoms. The second-order valence-corrected chi connectivity index (χ2v) is 11.8. The highest BCUT2D eigenvalue weighted by molar-refractivity contribution is 7.09. The standard InChI is InChI=1S/C31H35F3N2O6S/c1-19-4-7-21(8-5-19)29(37)36(22(16-40-2)17-41-3)27-10-9-23(14-25(27)30(38)39)42-28-11-6-20(12-24-15-35-18-43-24)13-26(28)31(32,33)34/h6,9-11,13-15,18-19,21-22H,4-5,7-8,12,16-17H2,1-3H3,(H,38,39). The van der Waals surface area contributed by atoms with Gasteiger partial charge in [-0.15, -0.1) is 11.3 Å². The minimum Gasteiger partial charge on any atom is -0.478 e. The molecule has 1 heterocycles. The van der Waals surface area contributed by atoms with E-state index in [2.05, 4.69) is 11.9 Å². The Bertz CT molecular complexity index is 1380.